The lowest BCUT2D eigenvalue weighted by molar-refractivity contribution is 0.271. The predicted octanol–water partition coefficient (Wildman–Crippen LogP) is 3.20. The maximum absolute atomic E-state index is 14.0. The first-order valence-corrected chi connectivity index (χ1v) is 9.78. The minimum absolute atomic E-state index is 0.155. The van der Waals surface area contributed by atoms with Crippen LogP contribution < -0.4 is 4.31 Å². The second-order valence-corrected chi connectivity index (χ2v) is 8.37. The molecule has 0 radical (unpaired) electrons. The maximum Gasteiger partial charge on any atom is 0.281 e. The largest absolute Gasteiger partial charge is 0.281 e. The van der Waals surface area contributed by atoms with Gasteiger partial charge in [0.15, 0.2) is 5.03 Å². The van der Waals surface area contributed by atoms with Crippen molar-refractivity contribution in [1.29, 1.82) is 0 Å². The van der Waals surface area contributed by atoms with E-state index < -0.39 is 10.0 Å². The van der Waals surface area contributed by atoms with Gasteiger partial charge in [-0.15, -0.1) is 0 Å². The number of fused-ring (bicyclic) bond motifs is 1. The standard InChI is InChI=1S/C17H20FN3O2S/c1-12-15(18)8-7-13-4-3-11-20(17(12)13)24(22,23)16-9-10-19-21(16)14-5-2-6-14/h7-10,14H,2-6,11H2,1H3. The summed E-state index contributed by atoms with van der Waals surface area (Å²) in [6.07, 6.45) is 6.04. The summed E-state index contributed by atoms with van der Waals surface area (Å²) >= 11 is 0. The van der Waals surface area contributed by atoms with E-state index in [1.807, 2.05) is 0 Å². The van der Waals surface area contributed by atoms with Gasteiger partial charge in [-0.05, 0) is 56.7 Å². The van der Waals surface area contributed by atoms with Crippen molar-refractivity contribution >= 4 is 15.7 Å². The van der Waals surface area contributed by atoms with Crippen LogP contribution in [0, 0.1) is 12.7 Å². The summed E-state index contributed by atoms with van der Waals surface area (Å²) in [5.41, 5.74) is 1.78. The summed E-state index contributed by atoms with van der Waals surface area (Å²) in [7, 11) is -3.76. The zero-order valence-corrected chi connectivity index (χ0v) is 14.4. The van der Waals surface area contributed by atoms with Crippen LogP contribution in [0.2, 0.25) is 0 Å². The summed E-state index contributed by atoms with van der Waals surface area (Å²) in [6.45, 7) is 2.01. The molecule has 0 atom stereocenters. The highest BCUT2D eigenvalue weighted by atomic mass is 32.2. The Morgan fingerprint density at radius 3 is 2.71 bits per heavy atom. The van der Waals surface area contributed by atoms with Crippen LogP contribution in [0.15, 0.2) is 29.4 Å². The third-order valence-corrected chi connectivity index (χ3v) is 6.91. The third kappa shape index (κ3) is 2.25. The SMILES string of the molecule is Cc1c(F)ccc2c1N(S(=O)(=O)c1ccnn1C1CCC1)CCC2. The molecule has 1 fully saturated rings. The van der Waals surface area contributed by atoms with Crippen LogP contribution in [0.4, 0.5) is 10.1 Å². The molecular weight excluding hydrogens is 329 g/mol. The number of halogens is 1. The van der Waals surface area contributed by atoms with Crippen molar-refractivity contribution in [3.8, 4) is 0 Å². The highest BCUT2D eigenvalue weighted by molar-refractivity contribution is 7.92. The first kappa shape index (κ1) is 15.6. The van der Waals surface area contributed by atoms with Gasteiger partial charge in [0.05, 0.1) is 17.9 Å². The molecule has 0 unspecified atom stereocenters. The normalized spacial score (nSPS) is 18.3. The second kappa shape index (κ2) is 5.58. The number of hydrogen-bond acceptors (Lipinski definition) is 3. The van der Waals surface area contributed by atoms with Gasteiger partial charge in [0.1, 0.15) is 5.82 Å². The lowest BCUT2D eigenvalue weighted by atomic mass is 9.93. The Morgan fingerprint density at radius 1 is 1.21 bits per heavy atom. The van der Waals surface area contributed by atoms with Crippen LogP contribution in [-0.4, -0.2) is 24.7 Å². The smallest absolute Gasteiger partial charge is 0.264 e. The Hall–Kier alpha value is -1.89. The van der Waals surface area contributed by atoms with E-state index in [0.717, 1.165) is 37.7 Å². The molecule has 1 saturated carbocycles. The number of benzene rings is 1. The maximum atomic E-state index is 14.0. The molecule has 0 N–H and O–H groups in total. The molecule has 5 nitrogen and oxygen atoms in total. The number of aromatic nitrogens is 2. The average molecular weight is 349 g/mol. The molecule has 0 amide bonds. The van der Waals surface area contributed by atoms with Gasteiger partial charge in [-0.25, -0.2) is 9.07 Å². The molecule has 7 heteroatoms. The Bertz CT molecular complexity index is 887. The Kier molecular flexibility index (Phi) is 3.63. The van der Waals surface area contributed by atoms with E-state index in [0.29, 0.717) is 17.8 Å². The van der Waals surface area contributed by atoms with Crippen molar-refractivity contribution in [2.45, 2.75) is 50.1 Å². The number of nitrogens with zero attached hydrogens (tertiary/aromatic N) is 3. The zero-order chi connectivity index (χ0) is 16.9. The molecule has 128 valence electrons. The molecule has 2 heterocycles. The van der Waals surface area contributed by atoms with E-state index in [4.69, 9.17) is 0 Å². The van der Waals surface area contributed by atoms with Crippen LogP contribution in [-0.2, 0) is 16.4 Å². The highest BCUT2D eigenvalue weighted by Gasteiger charge is 2.35. The molecule has 2 aliphatic rings. The minimum atomic E-state index is -3.76. The van der Waals surface area contributed by atoms with Gasteiger partial charge in [0.2, 0.25) is 0 Å². The number of hydrogen-bond donors (Lipinski definition) is 0. The molecule has 2 aromatic rings. The van der Waals surface area contributed by atoms with Crippen molar-refractivity contribution in [3.63, 3.8) is 0 Å². The van der Waals surface area contributed by atoms with E-state index in [9.17, 15) is 12.8 Å². The Morgan fingerprint density at radius 2 is 2.00 bits per heavy atom. The molecule has 24 heavy (non-hydrogen) atoms. The summed E-state index contributed by atoms with van der Waals surface area (Å²) in [5, 5.41) is 4.44. The van der Waals surface area contributed by atoms with Gasteiger partial charge in [-0.3, -0.25) is 4.31 Å². The van der Waals surface area contributed by atoms with Crippen LogP contribution in [0.25, 0.3) is 0 Å². The molecule has 1 aromatic carbocycles. The van der Waals surface area contributed by atoms with Gasteiger partial charge in [0, 0.05) is 12.1 Å². The highest BCUT2D eigenvalue weighted by Crippen LogP contribution is 2.38. The quantitative estimate of drug-likeness (QED) is 0.855. The number of aryl methyl sites for hydroxylation is 1. The third-order valence-electron chi connectivity index (χ3n) is 5.11. The molecule has 1 aliphatic carbocycles. The summed E-state index contributed by atoms with van der Waals surface area (Å²) in [5.74, 6) is -0.372. The first-order valence-electron chi connectivity index (χ1n) is 8.34. The average Bonchev–Trinajstić information content (AvgIpc) is 2.98. The fourth-order valence-electron chi connectivity index (χ4n) is 3.57. The van der Waals surface area contributed by atoms with Crippen molar-refractivity contribution < 1.29 is 12.8 Å². The van der Waals surface area contributed by atoms with E-state index >= 15 is 0 Å². The molecule has 1 aromatic heterocycles. The summed E-state index contributed by atoms with van der Waals surface area (Å²) < 4.78 is 43.6. The fraction of sp³-hybridized carbons (Fsp3) is 0.471. The van der Waals surface area contributed by atoms with E-state index in [1.165, 1.54) is 16.6 Å². The van der Waals surface area contributed by atoms with Crippen molar-refractivity contribution in [1.82, 2.24) is 9.78 Å². The van der Waals surface area contributed by atoms with Crippen molar-refractivity contribution in [2.75, 3.05) is 10.8 Å². The monoisotopic (exact) mass is 349 g/mol. The number of anilines is 1. The molecule has 0 saturated heterocycles. The van der Waals surface area contributed by atoms with E-state index in [2.05, 4.69) is 5.10 Å². The molecule has 0 bridgehead atoms. The van der Waals surface area contributed by atoms with Gasteiger partial charge < -0.3 is 0 Å². The second-order valence-electron chi connectivity index (χ2n) is 6.56. The first-order chi connectivity index (χ1) is 11.5. The minimum Gasteiger partial charge on any atom is -0.264 e. The summed E-state index contributed by atoms with van der Waals surface area (Å²) in [4.78, 5) is 0. The molecule has 1 aliphatic heterocycles. The topological polar surface area (TPSA) is 55.2 Å². The van der Waals surface area contributed by atoms with Gasteiger partial charge >= 0.3 is 0 Å². The zero-order valence-electron chi connectivity index (χ0n) is 13.6. The lowest BCUT2D eigenvalue weighted by Crippen LogP contribution is -2.38. The molecular formula is C17H20FN3O2S. The van der Waals surface area contributed by atoms with E-state index in [-0.39, 0.29) is 16.9 Å². The van der Waals surface area contributed by atoms with Crippen molar-refractivity contribution in [2.24, 2.45) is 0 Å². The van der Waals surface area contributed by atoms with Gasteiger partial charge in [-0.2, -0.15) is 13.5 Å². The van der Waals surface area contributed by atoms with Crippen LogP contribution in [0.3, 0.4) is 0 Å². The molecule has 4 rings (SSSR count). The fourth-order valence-corrected chi connectivity index (χ4v) is 5.33. The van der Waals surface area contributed by atoms with E-state index in [1.54, 1.807) is 23.7 Å². The van der Waals surface area contributed by atoms with Gasteiger partial charge in [-0.1, -0.05) is 6.07 Å². The summed E-state index contributed by atoms with van der Waals surface area (Å²) in [6, 6.07) is 4.82. The van der Waals surface area contributed by atoms with Crippen LogP contribution in [0.5, 0.6) is 0 Å². The van der Waals surface area contributed by atoms with Crippen LogP contribution in [0.1, 0.15) is 42.9 Å². The predicted molar refractivity (Wildman–Crippen MR) is 89.1 cm³/mol. The van der Waals surface area contributed by atoms with Crippen LogP contribution >= 0.6 is 0 Å². The molecule has 0 spiro atoms. The van der Waals surface area contributed by atoms with Gasteiger partial charge in [0.25, 0.3) is 10.0 Å². The lowest BCUT2D eigenvalue weighted by Gasteiger charge is -2.33. The number of sulfonamides is 1. The Balaban J connectivity index is 1.83. The Labute approximate surface area is 141 Å². The number of rotatable bonds is 3. The van der Waals surface area contributed by atoms with Crippen molar-refractivity contribution in [3.05, 3.63) is 41.3 Å².